The fourth-order valence-electron chi connectivity index (χ4n) is 1.83. The summed E-state index contributed by atoms with van der Waals surface area (Å²) in [5.74, 6) is 0. The van der Waals surface area contributed by atoms with Crippen LogP contribution in [0.4, 0.5) is 5.69 Å². The zero-order valence-corrected chi connectivity index (χ0v) is 9.49. The second kappa shape index (κ2) is 3.97. The summed E-state index contributed by atoms with van der Waals surface area (Å²) in [5.41, 5.74) is 2.16. The Kier molecular flexibility index (Phi) is 2.33. The number of anilines is 1. The molecule has 0 saturated carbocycles. The quantitative estimate of drug-likeness (QED) is 0.780. The molecular formula is C13H12N4. The second-order valence-electron chi connectivity index (χ2n) is 3.84. The number of hydrogen-bond donors (Lipinski definition) is 0. The van der Waals surface area contributed by atoms with Gasteiger partial charge in [0.15, 0.2) is 0 Å². The van der Waals surface area contributed by atoms with Gasteiger partial charge in [-0.3, -0.25) is 0 Å². The van der Waals surface area contributed by atoms with E-state index >= 15 is 0 Å². The summed E-state index contributed by atoms with van der Waals surface area (Å²) in [5, 5.41) is 0. The van der Waals surface area contributed by atoms with Crippen LogP contribution in [-0.4, -0.2) is 21.5 Å². The van der Waals surface area contributed by atoms with Crippen molar-refractivity contribution in [2.24, 2.45) is 0 Å². The molecule has 17 heavy (non-hydrogen) atoms. The van der Waals surface area contributed by atoms with Gasteiger partial charge in [0.25, 0.3) is 0 Å². The second-order valence-corrected chi connectivity index (χ2v) is 3.84. The van der Waals surface area contributed by atoms with Gasteiger partial charge in [-0.15, -0.1) is 0 Å². The first-order valence-corrected chi connectivity index (χ1v) is 5.38. The minimum atomic E-state index is 1.08. The van der Waals surface area contributed by atoms with E-state index in [0.717, 1.165) is 11.4 Å². The number of hydrogen-bond acceptors (Lipinski definition) is 3. The Bertz CT molecular complexity index is 530. The van der Waals surface area contributed by atoms with Crippen LogP contribution in [0.3, 0.4) is 0 Å². The number of imidazole rings is 1. The molecule has 0 saturated heterocycles. The average Bonchev–Trinajstić information content (AvgIpc) is 3.00. The molecule has 4 heteroatoms. The van der Waals surface area contributed by atoms with Crippen LogP contribution in [0.1, 0.15) is 0 Å². The smallest absolute Gasteiger partial charge is 0.212 e. The van der Waals surface area contributed by atoms with Crippen molar-refractivity contribution < 1.29 is 0 Å². The van der Waals surface area contributed by atoms with Crippen molar-refractivity contribution in [3.8, 4) is 5.69 Å². The molecule has 0 atom stereocenters. The van der Waals surface area contributed by atoms with Crippen molar-refractivity contribution in [1.29, 1.82) is 0 Å². The molecule has 0 unspecified atom stereocenters. The third-order valence-electron chi connectivity index (χ3n) is 2.63. The van der Waals surface area contributed by atoms with Crippen molar-refractivity contribution in [1.82, 2.24) is 14.5 Å². The van der Waals surface area contributed by atoms with Crippen molar-refractivity contribution in [3.63, 3.8) is 0 Å². The van der Waals surface area contributed by atoms with Gasteiger partial charge in [-0.05, 0) is 12.1 Å². The molecule has 1 aromatic heterocycles. The van der Waals surface area contributed by atoms with Crippen LogP contribution in [-0.2, 0) is 0 Å². The highest BCUT2D eigenvalue weighted by Crippen LogP contribution is 2.27. The van der Waals surface area contributed by atoms with Crippen molar-refractivity contribution in [3.05, 3.63) is 62.1 Å². The number of para-hydroxylation sites is 2. The molecule has 1 aliphatic heterocycles. The first kappa shape index (κ1) is 9.96. The van der Waals surface area contributed by atoms with Gasteiger partial charge >= 0.3 is 0 Å². The number of nitrogens with zero attached hydrogens (tertiary/aromatic N) is 4. The molecule has 84 valence electrons. The topological polar surface area (TPSA) is 24.3 Å². The summed E-state index contributed by atoms with van der Waals surface area (Å²) >= 11 is 0. The lowest BCUT2D eigenvalue weighted by Gasteiger charge is -2.19. The van der Waals surface area contributed by atoms with Gasteiger partial charge in [-0.25, -0.2) is 4.98 Å². The van der Waals surface area contributed by atoms with Crippen molar-refractivity contribution >= 4 is 5.69 Å². The summed E-state index contributed by atoms with van der Waals surface area (Å²) in [6.07, 6.45) is 9.45. The third kappa shape index (κ3) is 1.78. The standard InChI is InChI=1S/C13H12N4/c1-15-8-9-17(11-15)13-5-3-2-4-12(13)16-7-6-14-10-16/h2-10H,1H3. The SMILES string of the molecule is CN1[C]N(c2ccccc2-n2ccnc2)C=C1. The Morgan fingerprint density at radius 3 is 2.59 bits per heavy atom. The molecule has 0 aliphatic carbocycles. The Hall–Kier alpha value is -2.23. The van der Waals surface area contributed by atoms with E-state index in [1.54, 1.807) is 12.5 Å². The van der Waals surface area contributed by atoms with Crippen LogP contribution < -0.4 is 4.90 Å². The van der Waals surface area contributed by atoms with Crippen molar-refractivity contribution in [2.45, 2.75) is 0 Å². The zero-order chi connectivity index (χ0) is 11.7. The Labute approximate surface area is 100 Å². The van der Waals surface area contributed by atoms with Gasteiger partial charge in [0.2, 0.25) is 6.67 Å². The number of benzene rings is 1. The highest BCUT2D eigenvalue weighted by atomic mass is 15.3. The molecular weight excluding hydrogens is 212 g/mol. The van der Waals surface area contributed by atoms with Gasteiger partial charge < -0.3 is 14.4 Å². The summed E-state index contributed by atoms with van der Waals surface area (Å²) in [7, 11) is 1.95. The monoisotopic (exact) mass is 224 g/mol. The fraction of sp³-hybridized carbons (Fsp3) is 0.0769. The summed E-state index contributed by atoms with van der Waals surface area (Å²) in [6.45, 7) is 3.19. The van der Waals surface area contributed by atoms with Gasteiger partial charge in [0.05, 0.1) is 17.7 Å². The van der Waals surface area contributed by atoms with Crippen LogP contribution in [0.15, 0.2) is 55.4 Å². The van der Waals surface area contributed by atoms with Crippen LogP contribution in [0.25, 0.3) is 5.69 Å². The first-order chi connectivity index (χ1) is 8.34. The van der Waals surface area contributed by atoms with Crippen LogP contribution in [0.5, 0.6) is 0 Å². The summed E-state index contributed by atoms with van der Waals surface area (Å²) in [6, 6.07) is 8.16. The highest BCUT2D eigenvalue weighted by Gasteiger charge is 2.16. The van der Waals surface area contributed by atoms with E-state index in [2.05, 4.69) is 23.8 Å². The molecule has 3 rings (SSSR count). The van der Waals surface area contributed by atoms with E-state index in [0.29, 0.717) is 0 Å². The van der Waals surface area contributed by atoms with E-state index in [4.69, 9.17) is 0 Å². The van der Waals surface area contributed by atoms with Crippen LogP contribution in [0, 0.1) is 6.67 Å². The van der Waals surface area contributed by atoms with E-state index in [-0.39, 0.29) is 0 Å². The van der Waals surface area contributed by atoms with Gasteiger partial charge in [-0.1, -0.05) is 12.1 Å². The highest BCUT2D eigenvalue weighted by molar-refractivity contribution is 5.66. The summed E-state index contributed by atoms with van der Waals surface area (Å²) in [4.78, 5) is 7.94. The van der Waals surface area contributed by atoms with E-state index < -0.39 is 0 Å². The lowest BCUT2D eigenvalue weighted by molar-refractivity contribution is 0.574. The first-order valence-electron chi connectivity index (χ1n) is 5.38. The molecule has 2 aromatic rings. The predicted octanol–water partition coefficient (Wildman–Crippen LogP) is 2.09. The Morgan fingerprint density at radius 1 is 1.12 bits per heavy atom. The van der Waals surface area contributed by atoms with Gasteiger partial charge in [0, 0.05) is 31.8 Å². The van der Waals surface area contributed by atoms with Crippen LogP contribution >= 0.6 is 0 Å². The number of rotatable bonds is 2. The van der Waals surface area contributed by atoms with Crippen molar-refractivity contribution in [2.75, 3.05) is 11.9 Å². The number of aromatic nitrogens is 2. The molecule has 2 heterocycles. The molecule has 2 radical (unpaired) electrons. The molecule has 0 spiro atoms. The maximum atomic E-state index is 4.08. The third-order valence-corrected chi connectivity index (χ3v) is 2.63. The largest absolute Gasteiger partial charge is 0.349 e. The Balaban J connectivity index is 2.03. The molecule has 1 aromatic carbocycles. The molecule has 4 nitrogen and oxygen atoms in total. The molecule has 0 bridgehead atoms. The van der Waals surface area contributed by atoms with Crippen LogP contribution in [0.2, 0.25) is 0 Å². The Morgan fingerprint density at radius 2 is 1.94 bits per heavy atom. The minimum Gasteiger partial charge on any atom is -0.349 e. The summed E-state index contributed by atoms with van der Waals surface area (Å²) < 4.78 is 1.99. The molecule has 0 amide bonds. The van der Waals surface area contributed by atoms with E-state index in [9.17, 15) is 0 Å². The maximum absolute atomic E-state index is 4.08. The lowest BCUT2D eigenvalue weighted by atomic mass is 10.2. The molecule has 1 aliphatic rings. The minimum absolute atomic E-state index is 1.08. The molecule has 0 N–H and O–H groups in total. The van der Waals surface area contributed by atoms with Gasteiger partial charge in [0.1, 0.15) is 0 Å². The van der Waals surface area contributed by atoms with E-state index in [1.807, 2.05) is 52.1 Å². The average molecular weight is 224 g/mol. The zero-order valence-electron chi connectivity index (χ0n) is 9.49. The fourth-order valence-corrected chi connectivity index (χ4v) is 1.83. The maximum Gasteiger partial charge on any atom is 0.212 e. The predicted molar refractivity (Wildman–Crippen MR) is 66.2 cm³/mol. The van der Waals surface area contributed by atoms with E-state index in [1.165, 1.54) is 0 Å². The normalized spacial score (nSPS) is 14.6. The lowest BCUT2D eigenvalue weighted by Crippen LogP contribution is -2.16. The van der Waals surface area contributed by atoms with Gasteiger partial charge in [-0.2, -0.15) is 0 Å². The molecule has 0 fully saturated rings.